The fourth-order valence-electron chi connectivity index (χ4n) is 3.87. The van der Waals surface area contributed by atoms with Gasteiger partial charge in [0.25, 0.3) is 0 Å². The number of phenols is 2. The van der Waals surface area contributed by atoms with Crippen molar-refractivity contribution in [1.82, 2.24) is 0 Å². The number of phenolic OH excluding ortho intramolecular Hbond substituents is 2. The average Bonchev–Trinajstić information content (AvgIpc) is 3.12. The van der Waals surface area contributed by atoms with Gasteiger partial charge in [-0.15, -0.1) is 0 Å². The second-order valence-electron chi connectivity index (χ2n) is 6.88. The van der Waals surface area contributed by atoms with Crippen LogP contribution in [0.25, 0.3) is 0 Å². The summed E-state index contributed by atoms with van der Waals surface area (Å²) >= 11 is 0. The highest BCUT2D eigenvalue weighted by molar-refractivity contribution is 5.53. The van der Waals surface area contributed by atoms with Crippen molar-refractivity contribution in [3.05, 3.63) is 41.5 Å². The lowest BCUT2D eigenvalue weighted by Gasteiger charge is -2.21. The molecule has 3 rings (SSSR count). The van der Waals surface area contributed by atoms with Gasteiger partial charge >= 0.3 is 0 Å². The SMILES string of the molecule is COc1cc([C@H]2OC(c3cc(OC)c(O)c(OC)c3)[C@@H](CO)[C@@H]2CO)ccc1O. The van der Waals surface area contributed by atoms with E-state index in [1.54, 1.807) is 24.3 Å². The standard InChI is InChI=1S/C21H26O8/c1-26-16-6-11(4-5-15(16)24)20-13(9-22)14(10-23)21(29-20)12-7-17(27-2)19(25)18(8-12)28-3/h4-8,13-14,20-25H,9-10H2,1-3H3/t13-,14-,20+,21?/m0/s1. The topological polar surface area (TPSA) is 118 Å². The Hall–Kier alpha value is -2.68. The third-order valence-corrected chi connectivity index (χ3v) is 5.41. The molecule has 0 amide bonds. The van der Waals surface area contributed by atoms with Crippen molar-refractivity contribution in [3.63, 3.8) is 0 Å². The number of hydrogen-bond donors (Lipinski definition) is 4. The van der Waals surface area contributed by atoms with Gasteiger partial charge < -0.3 is 39.4 Å². The van der Waals surface area contributed by atoms with E-state index in [1.165, 1.54) is 27.4 Å². The summed E-state index contributed by atoms with van der Waals surface area (Å²) in [5.41, 5.74) is 1.35. The third-order valence-electron chi connectivity index (χ3n) is 5.41. The number of rotatable bonds is 7. The molecule has 0 saturated carbocycles. The maximum atomic E-state index is 10.2. The Morgan fingerprint density at radius 2 is 1.24 bits per heavy atom. The monoisotopic (exact) mass is 406 g/mol. The lowest BCUT2D eigenvalue weighted by atomic mass is 9.83. The van der Waals surface area contributed by atoms with Gasteiger partial charge in [-0.05, 0) is 35.4 Å². The van der Waals surface area contributed by atoms with E-state index in [-0.39, 0.29) is 36.2 Å². The van der Waals surface area contributed by atoms with Crippen LogP contribution < -0.4 is 14.2 Å². The van der Waals surface area contributed by atoms with Crippen LogP contribution in [-0.4, -0.2) is 55.0 Å². The molecule has 2 aromatic rings. The normalized spacial score (nSPS) is 23.8. The number of aliphatic hydroxyl groups is 2. The van der Waals surface area contributed by atoms with Crippen molar-refractivity contribution >= 4 is 0 Å². The van der Waals surface area contributed by atoms with E-state index >= 15 is 0 Å². The van der Waals surface area contributed by atoms with Crippen molar-refractivity contribution in [2.24, 2.45) is 11.8 Å². The zero-order valence-corrected chi connectivity index (χ0v) is 16.5. The zero-order valence-electron chi connectivity index (χ0n) is 16.5. The molecular formula is C21H26O8. The van der Waals surface area contributed by atoms with Crippen LogP contribution in [0.3, 0.4) is 0 Å². The molecule has 0 aliphatic carbocycles. The van der Waals surface area contributed by atoms with Gasteiger partial charge in [-0.1, -0.05) is 6.07 Å². The number of hydrogen-bond acceptors (Lipinski definition) is 8. The molecule has 2 aromatic carbocycles. The molecule has 0 bridgehead atoms. The smallest absolute Gasteiger partial charge is 0.200 e. The van der Waals surface area contributed by atoms with Crippen LogP contribution in [0.4, 0.5) is 0 Å². The van der Waals surface area contributed by atoms with Gasteiger partial charge in [-0.25, -0.2) is 0 Å². The second-order valence-corrected chi connectivity index (χ2v) is 6.88. The number of benzene rings is 2. The molecule has 29 heavy (non-hydrogen) atoms. The molecule has 4 N–H and O–H groups in total. The molecule has 1 aliphatic rings. The summed E-state index contributed by atoms with van der Waals surface area (Å²) in [7, 11) is 4.31. The summed E-state index contributed by atoms with van der Waals surface area (Å²) in [6, 6.07) is 8.09. The summed E-state index contributed by atoms with van der Waals surface area (Å²) in [4.78, 5) is 0. The summed E-state index contributed by atoms with van der Waals surface area (Å²) in [5, 5.41) is 40.1. The molecular weight excluding hydrogens is 380 g/mol. The van der Waals surface area contributed by atoms with Gasteiger partial charge in [0.05, 0.1) is 33.5 Å². The molecule has 1 unspecified atom stereocenters. The van der Waals surface area contributed by atoms with Crippen LogP contribution in [0.15, 0.2) is 30.3 Å². The van der Waals surface area contributed by atoms with Gasteiger partial charge in [0.1, 0.15) is 0 Å². The van der Waals surface area contributed by atoms with Gasteiger partial charge in [-0.2, -0.15) is 0 Å². The summed E-state index contributed by atoms with van der Waals surface area (Å²) < 4.78 is 21.9. The van der Waals surface area contributed by atoms with E-state index in [1.807, 2.05) is 0 Å². The van der Waals surface area contributed by atoms with E-state index in [0.29, 0.717) is 16.9 Å². The second kappa shape index (κ2) is 8.77. The molecule has 8 nitrogen and oxygen atoms in total. The average molecular weight is 406 g/mol. The molecule has 0 radical (unpaired) electrons. The zero-order chi connectivity index (χ0) is 21.1. The molecule has 0 spiro atoms. The molecule has 4 atom stereocenters. The van der Waals surface area contributed by atoms with E-state index in [2.05, 4.69) is 0 Å². The predicted molar refractivity (Wildman–Crippen MR) is 104 cm³/mol. The van der Waals surface area contributed by atoms with Crippen LogP contribution in [0.5, 0.6) is 28.7 Å². The first-order valence-corrected chi connectivity index (χ1v) is 9.17. The minimum absolute atomic E-state index is 0.00180. The number of aliphatic hydroxyl groups excluding tert-OH is 2. The third kappa shape index (κ3) is 3.78. The Morgan fingerprint density at radius 1 is 0.759 bits per heavy atom. The fourth-order valence-corrected chi connectivity index (χ4v) is 3.87. The molecule has 1 saturated heterocycles. The Balaban J connectivity index is 2.03. The molecule has 1 aliphatic heterocycles. The Bertz CT molecular complexity index is 828. The van der Waals surface area contributed by atoms with Gasteiger partial charge in [0.2, 0.25) is 5.75 Å². The summed E-state index contributed by atoms with van der Waals surface area (Å²) in [6.07, 6.45) is -1.12. The largest absolute Gasteiger partial charge is 0.504 e. The highest BCUT2D eigenvalue weighted by Crippen LogP contribution is 2.51. The summed E-state index contributed by atoms with van der Waals surface area (Å²) in [6.45, 7) is -0.422. The number of methoxy groups -OCH3 is 3. The highest BCUT2D eigenvalue weighted by atomic mass is 16.5. The van der Waals surface area contributed by atoms with Crippen LogP contribution in [0, 0.1) is 11.8 Å². The minimum atomic E-state index is -0.578. The highest BCUT2D eigenvalue weighted by Gasteiger charge is 2.45. The molecule has 158 valence electrons. The van der Waals surface area contributed by atoms with E-state index < -0.39 is 24.0 Å². The molecule has 1 fully saturated rings. The molecule has 1 heterocycles. The van der Waals surface area contributed by atoms with Crippen molar-refractivity contribution in [2.75, 3.05) is 34.5 Å². The van der Waals surface area contributed by atoms with Crippen LogP contribution in [0.1, 0.15) is 23.3 Å². The van der Waals surface area contributed by atoms with Crippen LogP contribution in [-0.2, 0) is 4.74 Å². The van der Waals surface area contributed by atoms with Crippen LogP contribution in [0.2, 0.25) is 0 Å². The van der Waals surface area contributed by atoms with Gasteiger partial charge in [-0.3, -0.25) is 0 Å². The van der Waals surface area contributed by atoms with E-state index in [9.17, 15) is 20.4 Å². The fraction of sp³-hybridized carbons (Fsp3) is 0.429. The maximum Gasteiger partial charge on any atom is 0.200 e. The quantitative estimate of drug-likeness (QED) is 0.553. The van der Waals surface area contributed by atoms with Crippen molar-refractivity contribution in [1.29, 1.82) is 0 Å². The number of ether oxygens (including phenoxy) is 4. The predicted octanol–water partition coefficient (Wildman–Crippen LogP) is 2.15. The number of aromatic hydroxyl groups is 2. The van der Waals surface area contributed by atoms with E-state index in [4.69, 9.17) is 18.9 Å². The van der Waals surface area contributed by atoms with Crippen LogP contribution >= 0.6 is 0 Å². The lowest BCUT2D eigenvalue weighted by molar-refractivity contribution is 0.0182. The Morgan fingerprint density at radius 3 is 1.72 bits per heavy atom. The Kier molecular flexibility index (Phi) is 6.36. The molecule has 8 heteroatoms. The first-order chi connectivity index (χ1) is 14.0. The van der Waals surface area contributed by atoms with Gasteiger partial charge in [0, 0.05) is 25.0 Å². The first-order valence-electron chi connectivity index (χ1n) is 9.17. The van der Waals surface area contributed by atoms with E-state index in [0.717, 1.165) is 0 Å². The molecule has 0 aromatic heterocycles. The van der Waals surface area contributed by atoms with Gasteiger partial charge in [0.15, 0.2) is 23.0 Å². The Labute approximate surface area is 168 Å². The first kappa shape index (κ1) is 21.0. The van der Waals surface area contributed by atoms with Crippen molar-refractivity contribution < 1.29 is 39.4 Å². The van der Waals surface area contributed by atoms with Crippen molar-refractivity contribution in [2.45, 2.75) is 12.2 Å². The maximum absolute atomic E-state index is 10.2. The minimum Gasteiger partial charge on any atom is -0.504 e. The summed E-state index contributed by atoms with van der Waals surface area (Å²) in [5.74, 6) is -0.215. The lowest BCUT2D eigenvalue weighted by Crippen LogP contribution is -2.23. The van der Waals surface area contributed by atoms with Crippen molar-refractivity contribution in [3.8, 4) is 28.7 Å².